The minimum Gasteiger partial charge on any atom is -0.341 e. The fraction of sp³-hybridized carbons (Fsp3) is 0.529. The van der Waals surface area contributed by atoms with Gasteiger partial charge in [0.05, 0.1) is 24.4 Å². The van der Waals surface area contributed by atoms with E-state index in [1.165, 1.54) is 12.4 Å². The van der Waals surface area contributed by atoms with Gasteiger partial charge in [0.1, 0.15) is 0 Å². The third-order valence-corrected chi connectivity index (χ3v) is 4.45. The van der Waals surface area contributed by atoms with Crippen molar-refractivity contribution in [1.82, 2.24) is 19.5 Å². The molecule has 1 saturated heterocycles. The van der Waals surface area contributed by atoms with E-state index in [2.05, 4.69) is 19.9 Å². The first kappa shape index (κ1) is 16.5. The Morgan fingerprint density at radius 2 is 1.88 bits per heavy atom. The number of halogens is 1. The van der Waals surface area contributed by atoms with Gasteiger partial charge in [0.25, 0.3) is 5.56 Å². The molecule has 24 heavy (non-hydrogen) atoms. The van der Waals surface area contributed by atoms with E-state index in [9.17, 15) is 9.18 Å². The molecule has 0 unspecified atom stereocenters. The standard InChI is InChI=1S/C17H22FN5O/c1-12(2)15-7-16(24)23(11-21-15)10-13-3-5-22(6-4-13)17-19-8-14(18)9-20-17/h7-9,11-13H,3-6,10H2,1-2H3. The summed E-state index contributed by atoms with van der Waals surface area (Å²) in [4.78, 5) is 26.7. The maximum atomic E-state index is 12.9. The molecular weight excluding hydrogens is 309 g/mol. The molecule has 7 heteroatoms. The summed E-state index contributed by atoms with van der Waals surface area (Å²) in [5.41, 5.74) is 0.845. The third kappa shape index (κ3) is 3.77. The van der Waals surface area contributed by atoms with Crippen LogP contribution in [0.3, 0.4) is 0 Å². The van der Waals surface area contributed by atoms with E-state index in [4.69, 9.17) is 0 Å². The summed E-state index contributed by atoms with van der Waals surface area (Å²) >= 11 is 0. The Morgan fingerprint density at radius 1 is 1.21 bits per heavy atom. The molecule has 128 valence electrons. The lowest BCUT2D eigenvalue weighted by molar-refractivity contribution is 0.348. The molecule has 0 amide bonds. The van der Waals surface area contributed by atoms with Gasteiger partial charge in [-0.2, -0.15) is 0 Å². The van der Waals surface area contributed by atoms with Gasteiger partial charge in [-0.25, -0.2) is 19.3 Å². The molecule has 0 bridgehead atoms. The first-order valence-electron chi connectivity index (χ1n) is 8.32. The van der Waals surface area contributed by atoms with Gasteiger partial charge in [0, 0.05) is 25.7 Å². The molecule has 0 aromatic carbocycles. The van der Waals surface area contributed by atoms with Crippen LogP contribution >= 0.6 is 0 Å². The van der Waals surface area contributed by atoms with Crippen molar-refractivity contribution >= 4 is 5.95 Å². The average molecular weight is 331 g/mol. The molecule has 0 atom stereocenters. The quantitative estimate of drug-likeness (QED) is 0.859. The van der Waals surface area contributed by atoms with Crippen LogP contribution in [0.25, 0.3) is 0 Å². The predicted molar refractivity (Wildman–Crippen MR) is 89.5 cm³/mol. The normalized spacial score (nSPS) is 15.9. The Kier molecular flexibility index (Phi) is 4.87. The molecule has 6 nitrogen and oxygen atoms in total. The fourth-order valence-corrected chi connectivity index (χ4v) is 2.96. The molecular formula is C17H22FN5O. The molecule has 0 spiro atoms. The zero-order valence-corrected chi connectivity index (χ0v) is 14.0. The number of hydrogen-bond donors (Lipinski definition) is 0. The van der Waals surface area contributed by atoms with E-state index in [-0.39, 0.29) is 11.5 Å². The van der Waals surface area contributed by atoms with Crippen molar-refractivity contribution in [3.63, 3.8) is 0 Å². The average Bonchev–Trinajstić information content (AvgIpc) is 2.58. The Bertz CT molecular complexity index is 735. The molecule has 0 N–H and O–H groups in total. The summed E-state index contributed by atoms with van der Waals surface area (Å²) in [6.45, 7) is 6.35. The number of rotatable bonds is 4. The summed E-state index contributed by atoms with van der Waals surface area (Å²) in [5, 5.41) is 0. The number of piperidine rings is 1. The third-order valence-electron chi connectivity index (χ3n) is 4.45. The van der Waals surface area contributed by atoms with Crippen LogP contribution in [0.15, 0.2) is 29.6 Å². The number of aromatic nitrogens is 4. The summed E-state index contributed by atoms with van der Waals surface area (Å²) in [6.07, 6.45) is 5.93. The van der Waals surface area contributed by atoms with Gasteiger partial charge in [-0.15, -0.1) is 0 Å². The Balaban J connectivity index is 1.59. The van der Waals surface area contributed by atoms with Crippen LogP contribution in [0.1, 0.15) is 38.3 Å². The molecule has 2 aromatic heterocycles. The van der Waals surface area contributed by atoms with Gasteiger partial charge < -0.3 is 4.90 Å². The molecule has 3 rings (SSSR count). The lowest BCUT2D eigenvalue weighted by Gasteiger charge is -2.32. The van der Waals surface area contributed by atoms with Crippen molar-refractivity contribution in [2.24, 2.45) is 5.92 Å². The highest BCUT2D eigenvalue weighted by Crippen LogP contribution is 2.21. The SMILES string of the molecule is CC(C)c1cc(=O)n(CC2CCN(c3ncc(F)cn3)CC2)cn1. The van der Waals surface area contributed by atoms with Crippen molar-refractivity contribution in [3.05, 3.63) is 46.7 Å². The lowest BCUT2D eigenvalue weighted by Crippen LogP contribution is -2.37. The smallest absolute Gasteiger partial charge is 0.253 e. The van der Waals surface area contributed by atoms with Gasteiger partial charge in [0.2, 0.25) is 5.95 Å². The van der Waals surface area contributed by atoms with E-state index in [0.717, 1.165) is 31.6 Å². The lowest BCUT2D eigenvalue weighted by atomic mass is 9.97. The van der Waals surface area contributed by atoms with Gasteiger partial charge in [-0.05, 0) is 24.7 Å². The first-order chi connectivity index (χ1) is 11.5. The second-order valence-corrected chi connectivity index (χ2v) is 6.59. The van der Waals surface area contributed by atoms with Gasteiger partial charge in [0.15, 0.2) is 5.82 Å². The summed E-state index contributed by atoms with van der Waals surface area (Å²) in [5.74, 6) is 0.817. The summed E-state index contributed by atoms with van der Waals surface area (Å²) < 4.78 is 14.6. The molecule has 2 aromatic rings. The molecule has 0 aliphatic carbocycles. The van der Waals surface area contributed by atoms with Crippen LogP contribution in [0.4, 0.5) is 10.3 Å². The van der Waals surface area contributed by atoms with Crippen LogP contribution in [-0.4, -0.2) is 32.6 Å². The number of anilines is 1. The molecule has 0 radical (unpaired) electrons. The molecule has 1 fully saturated rings. The summed E-state index contributed by atoms with van der Waals surface area (Å²) in [6, 6.07) is 1.63. The van der Waals surface area contributed by atoms with E-state index in [0.29, 0.717) is 18.4 Å². The van der Waals surface area contributed by atoms with Crippen molar-refractivity contribution in [1.29, 1.82) is 0 Å². The molecule has 3 heterocycles. The minimum absolute atomic E-state index is 0.0120. The zero-order valence-electron chi connectivity index (χ0n) is 14.0. The van der Waals surface area contributed by atoms with Crippen molar-refractivity contribution in [3.8, 4) is 0 Å². The van der Waals surface area contributed by atoms with E-state index < -0.39 is 5.82 Å². The first-order valence-corrected chi connectivity index (χ1v) is 8.32. The van der Waals surface area contributed by atoms with Crippen LogP contribution < -0.4 is 10.5 Å². The van der Waals surface area contributed by atoms with Gasteiger partial charge >= 0.3 is 0 Å². The number of hydrogen-bond acceptors (Lipinski definition) is 5. The van der Waals surface area contributed by atoms with Crippen LogP contribution in [0.5, 0.6) is 0 Å². The topological polar surface area (TPSA) is 63.9 Å². The maximum absolute atomic E-state index is 12.9. The predicted octanol–water partition coefficient (Wildman–Crippen LogP) is 2.21. The van der Waals surface area contributed by atoms with E-state index >= 15 is 0 Å². The second kappa shape index (κ2) is 7.07. The largest absolute Gasteiger partial charge is 0.341 e. The van der Waals surface area contributed by atoms with Crippen LogP contribution in [0, 0.1) is 11.7 Å². The van der Waals surface area contributed by atoms with Crippen molar-refractivity contribution in [2.75, 3.05) is 18.0 Å². The maximum Gasteiger partial charge on any atom is 0.253 e. The summed E-state index contributed by atoms with van der Waals surface area (Å²) in [7, 11) is 0. The number of nitrogens with zero attached hydrogens (tertiary/aromatic N) is 5. The van der Waals surface area contributed by atoms with Crippen LogP contribution in [0.2, 0.25) is 0 Å². The Morgan fingerprint density at radius 3 is 2.46 bits per heavy atom. The van der Waals surface area contributed by atoms with Crippen molar-refractivity contribution < 1.29 is 4.39 Å². The van der Waals surface area contributed by atoms with E-state index in [1.807, 2.05) is 13.8 Å². The molecule has 0 saturated carbocycles. The van der Waals surface area contributed by atoms with E-state index in [1.54, 1.807) is 17.0 Å². The van der Waals surface area contributed by atoms with Gasteiger partial charge in [-0.1, -0.05) is 13.8 Å². The fourth-order valence-electron chi connectivity index (χ4n) is 2.96. The Hall–Kier alpha value is -2.31. The highest BCUT2D eigenvalue weighted by Gasteiger charge is 2.21. The highest BCUT2D eigenvalue weighted by molar-refractivity contribution is 5.29. The van der Waals surface area contributed by atoms with Gasteiger partial charge in [-0.3, -0.25) is 9.36 Å². The van der Waals surface area contributed by atoms with Crippen LogP contribution in [-0.2, 0) is 6.54 Å². The monoisotopic (exact) mass is 331 g/mol. The zero-order chi connectivity index (χ0) is 17.1. The molecule has 1 aliphatic heterocycles. The minimum atomic E-state index is -0.426. The Labute approximate surface area is 140 Å². The second-order valence-electron chi connectivity index (χ2n) is 6.59. The molecule has 1 aliphatic rings. The van der Waals surface area contributed by atoms with Crippen molar-refractivity contribution in [2.45, 2.75) is 39.2 Å². The highest BCUT2D eigenvalue weighted by atomic mass is 19.1.